The van der Waals surface area contributed by atoms with E-state index in [2.05, 4.69) is 50.2 Å². The first-order valence-corrected chi connectivity index (χ1v) is 6.30. The van der Waals surface area contributed by atoms with Crippen molar-refractivity contribution in [3.05, 3.63) is 47.5 Å². The van der Waals surface area contributed by atoms with Crippen molar-refractivity contribution < 1.29 is 0 Å². The van der Waals surface area contributed by atoms with Crippen molar-refractivity contribution in [2.24, 2.45) is 0 Å². The Hall–Kier alpha value is -1.30. The molecular formula is C16H20. The molecule has 0 N–H and O–H groups in total. The van der Waals surface area contributed by atoms with Crippen molar-refractivity contribution in [3.63, 3.8) is 0 Å². The first-order chi connectivity index (χ1) is 7.83. The van der Waals surface area contributed by atoms with Gasteiger partial charge in [0.2, 0.25) is 0 Å². The summed E-state index contributed by atoms with van der Waals surface area (Å²) in [6.07, 6.45) is 5.17. The Balaban J connectivity index is 2.37. The van der Waals surface area contributed by atoms with Crippen LogP contribution < -0.4 is 0 Å². The Morgan fingerprint density at radius 1 is 0.938 bits per heavy atom. The summed E-state index contributed by atoms with van der Waals surface area (Å²) in [5.74, 6) is 0. The zero-order valence-electron chi connectivity index (χ0n) is 10.3. The Kier molecular flexibility index (Phi) is 3.61. The lowest BCUT2D eigenvalue weighted by molar-refractivity contribution is 0.718. The van der Waals surface area contributed by atoms with Gasteiger partial charge in [-0.1, -0.05) is 56.2 Å². The summed E-state index contributed by atoms with van der Waals surface area (Å²) < 4.78 is 0. The third-order valence-corrected chi connectivity index (χ3v) is 3.31. The molecule has 2 aromatic rings. The molecule has 16 heavy (non-hydrogen) atoms. The van der Waals surface area contributed by atoms with Gasteiger partial charge in [-0.15, -0.1) is 0 Å². The number of hydrogen-bond donors (Lipinski definition) is 0. The molecule has 0 atom stereocenters. The molecule has 0 heterocycles. The van der Waals surface area contributed by atoms with Crippen LogP contribution in [0.15, 0.2) is 36.4 Å². The predicted molar refractivity (Wildman–Crippen MR) is 71.9 cm³/mol. The molecular weight excluding hydrogens is 192 g/mol. The van der Waals surface area contributed by atoms with E-state index in [-0.39, 0.29) is 0 Å². The van der Waals surface area contributed by atoms with Crippen LogP contribution in [0.3, 0.4) is 0 Å². The summed E-state index contributed by atoms with van der Waals surface area (Å²) in [6, 6.07) is 13.2. The minimum absolute atomic E-state index is 1.22. The Labute approximate surface area is 98.3 Å². The van der Waals surface area contributed by atoms with Gasteiger partial charge in [0.05, 0.1) is 0 Å². The fraction of sp³-hybridized carbons (Fsp3) is 0.375. The third-order valence-electron chi connectivity index (χ3n) is 3.31. The van der Waals surface area contributed by atoms with E-state index >= 15 is 0 Å². The molecule has 0 saturated carbocycles. The highest BCUT2D eigenvalue weighted by Gasteiger charge is 2.03. The van der Waals surface area contributed by atoms with Gasteiger partial charge in [-0.2, -0.15) is 0 Å². The van der Waals surface area contributed by atoms with Crippen molar-refractivity contribution in [1.82, 2.24) is 0 Å². The van der Waals surface area contributed by atoms with Gasteiger partial charge in [-0.3, -0.25) is 0 Å². The average Bonchev–Trinajstić information content (AvgIpc) is 2.32. The molecule has 2 aromatic carbocycles. The summed E-state index contributed by atoms with van der Waals surface area (Å²) >= 11 is 0. The quantitative estimate of drug-likeness (QED) is 0.633. The molecule has 0 heteroatoms. The van der Waals surface area contributed by atoms with Gasteiger partial charge in [0.25, 0.3) is 0 Å². The fourth-order valence-electron chi connectivity index (χ4n) is 2.33. The lowest BCUT2D eigenvalue weighted by Gasteiger charge is -2.10. The summed E-state index contributed by atoms with van der Waals surface area (Å²) in [6.45, 7) is 4.49. The normalized spacial score (nSPS) is 10.9. The topological polar surface area (TPSA) is 0 Å². The predicted octanol–water partition coefficient (Wildman–Crippen LogP) is 4.88. The molecule has 0 bridgehead atoms. The largest absolute Gasteiger partial charge is 0.0654 e. The zero-order valence-corrected chi connectivity index (χ0v) is 10.3. The van der Waals surface area contributed by atoms with Crippen molar-refractivity contribution in [1.29, 1.82) is 0 Å². The van der Waals surface area contributed by atoms with Crippen molar-refractivity contribution in [2.45, 2.75) is 39.5 Å². The average molecular weight is 212 g/mol. The number of unbranched alkanes of at least 4 members (excludes halogenated alkanes) is 2. The molecule has 0 aliphatic heterocycles. The third kappa shape index (κ3) is 2.27. The van der Waals surface area contributed by atoms with Gasteiger partial charge in [0, 0.05) is 0 Å². The molecule has 0 nitrogen and oxygen atoms in total. The van der Waals surface area contributed by atoms with E-state index in [9.17, 15) is 0 Å². The number of benzene rings is 2. The van der Waals surface area contributed by atoms with Crippen LogP contribution in [0, 0.1) is 6.92 Å². The standard InChI is InChI=1S/C16H20/c1-3-4-5-9-15-13(2)11-12-14-8-6-7-10-16(14)15/h6-8,10-12H,3-5,9H2,1-2H3. The Morgan fingerprint density at radius 3 is 2.56 bits per heavy atom. The molecule has 0 spiro atoms. The van der Waals surface area contributed by atoms with Crippen LogP contribution in [0.25, 0.3) is 10.8 Å². The maximum Gasteiger partial charge on any atom is -0.0149 e. The first kappa shape index (κ1) is 11.2. The highest BCUT2D eigenvalue weighted by molar-refractivity contribution is 5.86. The maximum absolute atomic E-state index is 2.26. The van der Waals surface area contributed by atoms with E-state index in [0.717, 1.165) is 0 Å². The fourth-order valence-corrected chi connectivity index (χ4v) is 2.33. The summed E-state index contributed by atoms with van der Waals surface area (Å²) in [7, 11) is 0. The second kappa shape index (κ2) is 5.16. The maximum atomic E-state index is 2.26. The second-order valence-electron chi connectivity index (χ2n) is 4.54. The molecule has 0 radical (unpaired) electrons. The van der Waals surface area contributed by atoms with E-state index < -0.39 is 0 Å². The molecule has 0 amide bonds. The van der Waals surface area contributed by atoms with Crippen molar-refractivity contribution in [3.8, 4) is 0 Å². The van der Waals surface area contributed by atoms with Gasteiger partial charge in [0.1, 0.15) is 0 Å². The molecule has 0 saturated heterocycles. The monoisotopic (exact) mass is 212 g/mol. The molecule has 2 rings (SSSR count). The summed E-state index contributed by atoms with van der Waals surface area (Å²) in [4.78, 5) is 0. The van der Waals surface area contributed by atoms with Crippen LogP contribution in [0.2, 0.25) is 0 Å². The number of rotatable bonds is 4. The van der Waals surface area contributed by atoms with Crippen LogP contribution in [0.1, 0.15) is 37.3 Å². The highest BCUT2D eigenvalue weighted by Crippen LogP contribution is 2.23. The first-order valence-electron chi connectivity index (χ1n) is 6.30. The Bertz CT molecular complexity index is 468. The molecule has 0 aliphatic rings. The molecule has 0 aromatic heterocycles. The van der Waals surface area contributed by atoms with E-state index in [1.807, 2.05) is 0 Å². The van der Waals surface area contributed by atoms with Crippen LogP contribution in [0.5, 0.6) is 0 Å². The van der Waals surface area contributed by atoms with E-state index in [1.54, 1.807) is 5.56 Å². The lowest BCUT2D eigenvalue weighted by atomic mass is 9.95. The van der Waals surface area contributed by atoms with Gasteiger partial charge < -0.3 is 0 Å². The highest BCUT2D eigenvalue weighted by atomic mass is 14.1. The van der Waals surface area contributed by atoms with Gasteiger partial charge in [-0.25, -0.2) is 0 Å². The van der Waals surface area contributed by atoms with Crippen molar-refractivity contribution >= 4 is 10.8 Å². The van der Waals surface area contributed by atoms with Crippen molar-refractivity contribution in [2.75, 3.05) is 0 Å². The van der Waals surface area contributed by atoms with E-state index in [1.165, 1.54) is 42.0 Å². The van der Waals surface area contributed by atoms with Crippen LogP contribution in [-0.4, -0.2) is 0 Å². The molecule has 0 fully saturated rings. The van der Waals surface area contributed by atoms with E-state index in [4.69, 9.17) is 0 Å². The van der Waals surface area contributed by atoms with Crippen LogP contribution >= 0.6 is 0 Å². The minimum atomic E-state index is 1.22. The molecule has 0 aliphatic carbocycles. The molecule has 0 unspecified atom stereocenters. The SMILES string of the molecule is CCCCCc1c(C)ccc2ccccc12. The smallest absolute Gasteiger partial charge is 0.0149 e. The summed E-state index contributed by atoms with van der Waals surface area (Å²) in [5, 5.41) is 2.82. The zero-order chi connectivity index (χ0) is 11.4. The Morgan fingerprint density at radius 2 is 1.75 bits per heavy atom. The second-order valence-corrected chi connectivity index (χ2v) is 4.54. The number of fused-ring (bicyclic) bond motifs is 1. The van der Waals surface area contributed by atoms with Gasteiger partial charge in [0.15, 0.2) is 0 Å². The van der Waals surface area contributed by atoms with Gasteiger partial charge >= 0.3 is 0 Å². The lowest BCUT2D eigenvalue weighted by Crippen LogP contribution is -1.92. The summed E-state index contributed by atoms with van der Waals surface area (Å²) in [5.41, 5.74) is 2.99. The number of aryl methyl sites for hydroxylation is 2. The van der Waals surface area contributed by atoms with Crippen LogP contribution in [-0.2, 0) is 6.42 Å². The van der Waals surface area contributed by atoms with Gasteiger partial charge in [-0.05, 0) is 41.7 Å². The molecule has 84 valence electrons. The van der Waals surface area contributed by atoms with E-state index in [0.29, 0.717) is 0 Å². The minimum Gasteiger partial charge on any atom is -0.0654 e. The van der Waals surface area contributed by atoms with Crippen LogP contribution in [0.4, 0.5) is 0 Å². The number of hydrogen-bond acceptors (Lipinski definition) is 0.